The van der Waals surface area contributed by atoms with E-state index in [9.17, 15) is 35.7 Å². The number of hydrogen-bond donors (Lipinski definition) is 8. The van der Waals surface area contributed by atoms with E-state index < -0.39 is 35.4 Å². The molecule has 4 aliphatic heterocycles. The Kier molecular flexibility index (Phi) is 14.2. The molecule has 9 atom stereocenters. The molecule has 2 aliphatic carbocycles. The number of hydrogen-bond acceptors (Lipinski definition) is 15. The average molecular weight is 1080 g/mol. The van der Waals surface area contributed by atoms with Crippen molar-refractivity contribution < 1.29 is 44.9 Å². The molecule has 0 unspecified atom stereocenters. The lowest BCUT2D eigenvalue weighted by atomic mass is 9.65. The predicted molar refractivity (Wildman–Crippen MR) is 300 cm³/mol. The fraction of sp³-hybridized carbons (Fsp3) is 0.475. The van der Waals surface area contributed by atoms with Gasteiger partial charge in [-0.2, -0.15) is 0 Å². The van der Waals surface area contributed by atoms with Gasteiger partial charge in [0, 0.05) is 65.5 Å². The molecule has 8 N–H and O–H groups in total. The summed E-state index contributed by atoms with van der Waals surface area (Å²) in [6, 6.07) is 18.4. The highest BCUT2D eigenvalue weighted by Gasteiger charge is 2.47. The third-order valence-corrected chi connectivity index (χ3v) is 22.6. The minimum Gasteiger partial charge on any atom is -0.507 e. The van der Waals surface area contributed by atoms with Crippen molar-refractivity contribution in [3.05, 3.63) is 115 Å². The van der Waals surface area contributed by atoms with Crippen LogP contribution in [-0.4, -0.2) is 84.8 Å². The molecular weight excluding hydrogens is 1010 g/mol. The summed E-state index contributed by atoms with van der Waals surface area (Å²) in [5.41, 5.74) is 8.89. The van der Waals surface area contributed by atoms with Crippen LogP contribution < -0.4 is 15.5 Å². The van der Waals surface area contributed by atoms with Crippen molar-refractivity contribution in [3.63, 3.8) is 0 Å². The van der Waals surface area contributed by atoms with Gasteiger partial charge in [-0.25, -0.2) is 0 Å². The molecule has 0 spiro atoms. The van der Waals surface area contributed by atoms with Gasteiger partial charge in [-0.1, -0.05) is 93.4 Å². The predicted octanol–water partition coefficient (Wildman–Crippen LogP) is 11.5. The topological polar surface area (TPSA) is 193 Å². The molecule has 5 aromatic carbocycles. The average Bonchev–Trinajstić information content (AvgIpc) is 3.44. The van der Waals surface area contributed by atoms with Gasteiger partial charge < -0.3 is 50.2 Å². The van der Waals surface area contributed by atoms with E-state index in [4.69, 9.17) is 9.15 Å². The van der Waals surface area contributed by atoms with Crippen molar-refractivity contribution in [1.29, 1.82) is 0 Å². The maximum atomic E-state index is 15.5. The Balaban J connectivity index is 1.11. The molecule has 2 fully saturated rings. The number of aliphatic hydroxyl groups is 4. The molecular formula is C59H65NO10S4. The smallest absolute Gasteiger partial charge is 0.238 e. The van der Waals surface area contributed by atoms with Gasteiger partial charge in [0.05, 0.1) is 23.0 Å². The molecule has 390 valence electrons. The van der Waals surface area contributed by atoms with Gasteiger partial charge in [-0.15, -0.1) is 0 Å². The first kappa shape index (κ1) is 50.8. The van der Waals surface area contributed by atoms with Crippen molar-refractivity contribution in [2.75, 3.05) is 25.5 Å². The van der Waals surface area contributed by atoms with Crippen LogP contribution in [0.5, 0.6) is 23.0 Å². The highest BCUT2D eigenvalue weighted by atomic mass is 33.1. The molecule has 12 rings (SSSR count). The Labute approximate surface area is 447 Å². The Morgan fingerprint density at radius 3 is 2.54 bits per heavy atom. The van der Waals surface area contributed by atoms with Crippen LogP contribution in [0.1, 0.15) is 138 Å². The molecule has 6 aliphatic rings. The zero-order valence-electron chi connectivity index (χ0n) is 41.8. The van der Waals surface area contributed by atoms with E-state index in [2.05, 4.69) is 61.6 Å². The Morgan fingerprint density at radius 2 is 1.72 bits per heavy atom. The lowest BCUT2D eigenvalue weighted by molar-refractivity contribution is 0.00975. The monoisotopic (exact) mass is 1080 g/mol. The molecule has 6 aromatic rings. The van der Waals surface area contributed by atoms with Crippen LogP contribution in [0.2, 0.25) is 0 Å². The zero-order chi connectivity index (χ0) is 51.1. The van der Waals surface area contributed by atoms with Gasteiger partial charge >= 0.3 is 0 Å². The number of fused-ring (bicyclic) bond motifs is 12. The van der Waals surface area contributed by atoms with Crippen molar-refractivity contribution in [2.45, 2.75) is 137 Å². The van der Waals surface area contributed by atoms with Crippen LogP contribution in [0.3, 0.4) is 0 Å². The number of nitrogens with one attached hydrogen (secondary N) is 1. The number of ether oxygens (including phenoxy) is 1. The SMILES string of the molecule is CC(C)Cc1cc(-c2oc3cc(O)c4c(c3c(=O)c2O)O[C@@H]2C[C@@H]3c5c-4cc4c6c(ccc(c56)[C@H](SSCCC[C@@H]2O)[C@H]3O)C[C@H](CCCO)[C@@H]4CCO)c2c(c1O)Cc1cccc(c1)[C@@H]1NCCC[C@@H]1SSC2. The summed E-state index contributed by atoms with van der Waals surface area (Å²) >= 11 is 0. The normalized spacial score (nSPS) is 26.3. The van der Waals surface area contributed by atoms with Gasteiger partial charge in [-0.05, 0) is 161 Å². The highest BCUT2D eigenvalue weighted by Crippen LogP contribution is 2.61. The Bertz CT molecular complexity index is 3230. The first-order chi connectivity index (χ1) is 35.9. The number of rotatable bonds is 8. The fourth-order valence-electron chi connectivity index (χ4n) is 13.6. The second-order valence-corrected chi connectivity index (χ2v) is 27.2. The summed E-state index contributed by atoms with van der Waals surface area (Å²) in [5, 5.41) is 88.9. The molecule has 5 heterocycles. The minimum atomic E-state index is -0.997. The first-order valence-corrected chi connectivity index (χ1v) is 31.4. The van der Waals surface area contributed by atoms with Crippen molar-refractivity contribution in [2.24, 2.45) is 11.8 Å². The van der Waals surface area contributed by atoms with Crippen LogP contribution in [0.15, 0.2) is 63.8 Å². The third-order valence-electron chi connectivity index (χ3n) is 16.9. The van der Waals surface area contributed by atoms with Gasteiger partial charge in [0.1, 0.15) is 34.3 Å². The summed E-state index contributed by atoms with van der Waals surface area (Å²) in [4.78, 5) is 15.5. The lowest BCUT2D eigenvalue weighted by Gasteiger charge is -2.43. The summed E-state index contributed by atoms with van der Waals surface area (Å²) < 4.78 is 13.9. The number of benzene rings is 5. The Morgan fingerprint density at radius 1 is 0.851 bits per heavy atom. The number of aromatic hydroxyl groups is 3. The maximum Gasteiger partial charge on any atom is 0.238 e. The molecule has 0 radical (unpaired) electrons. The van der Waals surface area contributed by atoms with E-state index in [1.165, 1.54) is 11.6 Å². The molecule has 11 nitrogen and oxygen atoms in total. The number of phenols is 2. The number of aliphatic hydroxyl groups excluding tert-OH is 4. The van der Waals surface area contributed by atoms with Crippen molar-refractivity contribution >= 4 is 64.9 Å². The molecule has 0 saturated carbocycles. The summed E-state index contributed by atoms with van der Waals surface area (Å²) in [6.07, 6.45) is 4.17. The summed E-state index contributed by atoms with van der Waals surface area (Å²) in [5.74, 6) is 0.0984. The van der Waals surface area contributed by atoms with Crippen LogP contribution in [-0.2, 0) is 25.0 Å². The van der Waals surface area contributed by atoms with Crippen LogP contribution in [0, 0.1) is 11.8 Å². The van der Waals surface area contributed by atoms with E-state index in [0.717, 1.165) is 82.1 Å². The van der Waals surface area contributed by atoms with Crippen molar-refractivity contribution in [1.82, 2.24) is 5.32 Å². The van der Waals surface area contributed by atoms with E-state index in [1.54, 1.807) is 32.4 Å². The van der Waals surface area contributed by atoms with Gasteiger partial charge in [0.25, 0.3) is 0 Å². The minimum absolute atomic E-state index is 0.00632. The number of piperidine rings is 1. The third kappa shape index (κ3) is 8.72. The maximum absolute atomic E-state index is 15.5. The van der Waals surface area contributed by atoms with Gasteiger partial charge in [-0.3, -0.25) is 4.79 Å². The van der Waals surface area contributed by atoms with E-state index in [1.807, 2.05) is 16.9 Å². The lowest BCUT2D eigenvalue weighted by Crippen LogP contribution is -2.39. The molecule has 5 bridgehead atoms. The second kappa shape index (κ2) is 20.7. The summed E-state index contributed by atoms with van der Waals surface area (Å²) in [6.45, 7) is 5.12. The van der Waals surface area contributed by atoms with Crippen LogP contribution in [0.25, 0.3) is 44.2 Å². The highest BCUT2D eigenvalue weighted by molar-refractivity contribution is 8.77. The standard InChI is InChI=1S/C59H65NO10S4/c1-28(2)19-33-23-38(41-27-72-73-46-11-4-15-60-52(46)32-8-3-7-29(20-32)21-37(41)53(33)65)57-56(68)55(67)51-45(70-57)26-43(64)49-39-24-36-34(14-17-62)30(9-5-16-61)22-31-12-13-35-50(47(31)36)48(39)40-25-44(69-58(49)51)42(63)10-6-18-71-74-59(35)54(40)66/h3,7-8,12-13,20,23-24,26,28,30,34,40,42,44,46,52,54,59-66,68H,4-6,9-11,14-19,21-22,25,27H2,1-2H3/t30-,34-,40+,42-,44+,46-,52-,54-,59-/m0/s1. The molecule has 0 amide bonds. The van der Waals surface area contributed by atoms with E-state index >= 15 is 4.79 Å². The zero-order valence-corrected chi connectivity index (χ0v) is 45.0. The Hall–Kier alpha value is -4.03. The molecule has 1 aromatic heterocycles. The second-order valence-electron chi connectivity index (χ2n) is 21.9. The van der Waals surface area contributed by atoms with E-state index in [0.29, 0.717) is 71.8 Å². The van der Waals surface area contributed by atoms with E-state index in [-0.39, 0.29) is 88.2 Å². The number of phenolic OH excluding ortho intramolecular Hbond substituents is 2. The molecule has 2 saturated heterocycles. The summed E-state index contributed by atoms with van der Waals surface area (Å²) in [7, 11) is 6.86. The van der Waals surface area contributed by atoms with Crippen LogP contribution in [0.4, 0.5) is 0 Å². The van der Waals surface area contributed by atoms with Gasteiger partial charge in [0.15, 0.2) is 5.76 Å². The molecule has 15 heteroatoms. The van der Waals surface area contributed by atoms with Crippen LogP contribution >= 0.6 is 43.2 Å². The van der Waals surface area contributed by atoms with Gasteiger partial charge in [0.2, 0.25) is 11.2 Å². The fourth-order valence-corrected chi connectivity index (χ4v) is 19.5. The first-order valence-electron chi connectivity index (χ1n) is 26.6. The largest absolute Gasteiger partial charge is 0.507 e. The molecule has 74 heavy (non-hydrogen) atoms. The van der Waals surface area contributed by atoms with Crippen molar-refractivity contribution in [3.8, 4) is 45.4 Å². The quantitative estimate of drug-likeness (QED) is 0.0671.